The van der Waals surface area contributed by atoms with Gasteiger partial charge < -0.3 is 0 Å². The van der Waals surface area contributed by atoms with Crippen LogP contribution in [0, 0.1) is 6.92 Å². The Kier molecular flexibility index (Phi) is 3.27. The van der Waals surface area contributed by atoms with Crippen LogP contribution >= 0.6 is 0 Å². The van der Waals surface area contributed by atoms with Gasteiger partial charge in [0, 0.05) is 0 Å². The molecule has 3 aromatic carbocycles. The van der Waals surface area contributed by atoms with Crippen molar-refractivity contribution in [3.8, 4) is 11.3 Å². The standard InChI is InChI=1S/C22H17N2Se/c1-14-7-3-5-9-16(14)21-22-20(23-13-24(21)2)19-17-10-6-4-8-15(17)11-12-18(19)25-22/h3-13H,1-2H3/q+1. The molecule has 5 rings (SSSR count). The zero-order chi connectivity index (χ0) is 17.0. The molecule has 120 valence electrons. The molecule has 5 aromatic rings. The second-order valence-electron chi connectivity index (χ2n) is 6.46. The van der Waals surface area contributed by atoms with E-state index in [-0.39, 0.29) is 14.5 Å². The first-order valence-electron chi connectivity index (χ1n) is 8.38. The van der Waals surface area contributed by atoms with Gasteiger partial charge in [-0.2, -0.15) is 0 Å². The molecular weight excluding hydrogens is 371 g/mol. The van der Waals surface area contributed by atoms with Gasteiger partial charge in [0.1, 0.15) is 0 Å². The van der Waals surface area contributed by atoms with Crippen molar-refractivity contribution in [2.24, 2.45) is 7.05 Å². The monoisotopic (exact) mass is 389 g/mol. The van der Waals surface area contributed by atoms with Crippen LogP contribution < -0.4 is 4.57 Å². The molecule has 2 nitrogen and oxygen atoms in total. The maximum absolute atomic E-state index is 4.84. The van der Waals surface area contributed by atoms with Crippen LogP contribution in [0.2, 0.25) is 0 Å². The van der Waals surface area contributed by atoms with Crippen LogP contribution in [0.15, 0.2) is 67.0 Å². The Morgan fingerprint density at radius 3 is 2.60 bits per heavy atom. The van der Waals surface area contributed by atoms with Crippen molar-refractivity contribution in [2.75, 3.05) is 0 Å². The Morgan fingerprint density at radius 2 is 1.72 bits per heavy atom. The fourth-order valence-electron chi connectivity index (χ4n) is 3.65. The SMILES string of the molecule is Cc1ccccc1-c1c2[se]c3ccc4ccccc4c3c2nc[n+]1C. The van der Waals surface area contributed by atoms with E-state index in [1.54, 1.807) is 0 Å². The maximum atomic E-state index is 4.84. The van der Waals surface area contributed by atoms with Gasteiger partial charge in [-0.3, -0.25) is 0 Å². The normalized spacial score (nSPS) is 11.6. The van der Waals surface area contributed by atoms with Crippen molar-refractivity contribution in [1.82, 2.24) is 4.98 Å². The molecule has 0 spiro atoms. The summed E-state index contributed by atoms with van der Waals surface area (Å²) in [6.07, 6.45) is 1.97. The van der Waals surface area contributed by atoms with Crippen LogP contribution in [0.1, 0.15) is 5.56 Å². The Hall–Kier alpha value is -2.48. The number of fused-ring (bicyclic) bond motifs is 5. The van der Waals surface area contributed by atoms with Crippen LogP contribution in [-0.4, -0.2) is 19.5 Å². The number of benzene rings is 3. The second kappa shape index (κ2) is 5.52. The number of hydrogen-bond donors (Lipinski definition) is 0. The molecular formula is C22H17N2Se+. The summed E-state index contributed by atoms with van der Waals surface area (Å²) in [6.45, 7) is 2.19. The van der Waals surface area contributed by atoms with E-state index in [0.717, 1.165) is 0 Å². The van der Waals surface area contributed by atoms with Gasteiger partial charge in [-0.1, -0.05) is 0 Å². The summed E-state index contributed by atoms with van der Waals surface area (Å²) in [5.74, 6) is 0. The van der Waals surface area contributed by atoms with Crippen LogP contribution in [0.4, 0.5) is 0 Å². The van der Waals surface area contributed by atoms with E-state index >= 15 is 0 Å². The van der Waals surface area contributed by atoms with Gasteiger partial charge in [0.05, 0.1) is 0 Å². The average Bonchev–Trinajstić information content (AvgIpc) is 3.01. The fourth-order valence-corrected chi connectivity index (χ4v) is 6.31. The zero-order valence-electron chi connectivity index (χ0n) is 14.2. The molecule has 25 heavy (non-hydrogen) atoms. The van der Waals surface area contributed by atoms with Crippen LogP contribution in [-0.2, 0) is 7.05 Å². The van der Waals surface area contributed by atoms with Gasteiger partial charge in [-0.25, -0.2) is 0 Å². The minimum absolute atomic E-state index is 0.276. The van der Waals surface area contributed by atoms with Gasteiger partial charge in [0.15, 0.2) is 0 Å². The molecule has 0 radical (unpaired) electrons. The van der Waals surface area contributed by atoms with Crippen molar-refractivity contribution in [1.29, 1.82) is 0 Å². The van der Waals surface area contributed by atoms with E-state index in [9.17, 15) is 0 Å². The van der Waals surface area contributed by atoms with E-state index in [2.05, 4.69) is 79.2 Å². The summed E-state index contributed by atoms with van der Waals surface area (Å²) in [7, 11) is 2.10. The molecule has 0 aliphatic carbocycles. The van der Waals surface area contributed by atoms with Gasteiger partial charge >= 0.3 is 152 Å². The molecule has 2 heterocycles. The molecule has 0 aliphatic heterocycles. The van der Waals surface area contributed by atoms with E-state index in [1.165, 1.54) is 47.0 Å². The van der Waals surface area contributed by atoms with Crippen molar-refractivity contribution < 1.29 is 4.57 Å². The van der Waals surface area contributed by atoms with Crippen molar-refractivity contribution >= 4 is 44.7 Å². The molecule has 0 atom stereocenters. The first-order valence-corrected chi connectivity index (χ1v) is 10.1. The van der Waals surface area contributed by atoms with Gasteiger partial charge in [0.25, 0.3) is 0 Å². The molecule has 0 bridgehead atoms. The summed E-state index contributed by atoms with van der Waals surface area (Å²) in [5, 5.41) is 3.94. The van der Waals surface area contributed by atoms with Crippen molar-refractivity contribution in [2.45, 2.75) is 6.92 Å². The van der Waals surface area contributed by atoms with Crippen molar-refractivity contribution in [3.63, 3.8) is 0 Å². The molecule has 0 unspecified atom stereocenters. The number of rotatable bonds is 1. The Balaban J connectivity index is 1.99. The minimum atomic E-state index is 0.276. The van der Waals surface area contributed by atoms with E-state index in [4.69, 9.17) is 4.98 Å². The molecule has 0 N–H and O–H groups in total. The first kappa shape index (κ1) is 14.8. The Morgan fingerprint density at radius 1 is 0.920 bits per heavy atom. The van der Waals surface area contributed by atoms with Gasteiger partial charge in [0.2, 0.25) is 0 Å². The predicted molar refractivity (Wildman–Crippen MR) is 105 cm³/mol. The Bertz CT molecular complexity index is 1270. The third-order valence-electron chi connectivity index (χ3n) is 4.88. The predicted octanol–water partition coefficient (Wildman–Crippen LogP) is 4.40. The molecule has 0 saturated carbocycles. The fraction of sp³-hybridized carbons (Fsp3) is 0.0909. The number of nitrogens with zero attached hydrogens (tertiary/aromatic N) is 2. The molecule has 0 saturated heterocycles. The molecule has 0 fully saturated rings. The van der Waals surface area contributed by atoms with Crippen LogP contribution in [0.25, 0.3) is 41.5 Å². The van der Waals surface area contributed by atoms with Crippen molar-refractivity contribution in [3.05, 3.63) is 72.6 Å². The third kappa shape index (κ3) is 2.17. The summed E-state index contributed by atoms with van der Waals surface area (Å²) in [4.78, 5) is 4.84. The molecule has 3 heteroatoms. The summed E-state index contributed by atoms with van der Waals surface area (Å²) in [6, 6.07) is 21.8. The zero-order valence-corrected chi connectivity index (χ0v) is 15.9. The summed E-state index contributed by atoms with van der Waals surface area (Å²) >= 11 is 0.276. The van der Waals surface area contributed by atoms with Gasteiger partial charge in [-0.05, 0) is 0 Å². The Labute approximate surface area is 152 Å². The van der Waals surface area contributed by atoms with E-state index in [0.29, 0.717) is 0 Å². The number of aryl methyl sites for hydroxylation is 2. The van der Waals surface area contributed by atoms with E-state index < -0.39 is 0 Å². The number of aromatic nitrogens is 2. The van der Waals surface area contributed by atoms with E-state index in [1.807, 2.05) is 6.33 Å². The average molecular weight is 388 g/mol. The second-order valence-corrected chi connectivity index (χ2v) is 8.67. The number of hydrogen-bond acceptors (Lipinski definition) is 1. The van der Waals surface area contributed by atoms with Crippen LogP contribution in [0.3, 0.4) is 0 Å². The quantitative estimate of drug-likeness (QED) is 0.307. The van der Waals surface area contributed by atoms with Gasteiger partial charge in [-0.15, -0.1) is 0 Å². The molecule has 0 amide bonds. The topological polar surface area (TPSA) is 16.8 Å². The summed E-state index contributed by atoms with van der Waals surface area (Å²) in [5.41, 5.74) is 5.09. The third-order valence-corrected chi connectivity index (χ3v) is 7.30. The van der Waals surface area contributed by atoms with Crippen LogP contribution in [0.5, 0.6) is 0 Å². The molecule has 2 aromatic heterocycles. The first-order chi connectivity index (χ1) is 12.2. The summed E-state index contributed by atoms with van der Waals surface area (Å²) < 4.78 is 5.02. The molecule has 0 aliphatic rings.